The Morgan fingerprint density at radius 1 is 0.870 bits per heavy atom. The summed E-state index contributed by atoms with van der Waals surface area (Å²) in [6.07, 6.45) is -3.83. The summed E-state index contributed by atoms with van der Waals surface area (Å²) < 4.78 is 25.6. The van der Waals surface area contributed by atoms with E-state index < -0.39 is 48.5 Å². The molecule has 130 valence electrons. The standard InChI is InChI=1S/C14H20O9/c1-7(15)19-6-12-14(22-10(4)18)11(20-8(2)16)5-13(23-12)21-9(3)17/h11-14H,5-6H2,1-4H3/t11-,12-,13-,14-/m0/s1. The Labute approximate surface area is 133 Å². The van der Waals surface area contributed by atoms with Gasteiger partial charge in [-0.2, -0.15) is 0 Å². The minimum Gasteiger partial charge on any atom is -0.463 e. The van der Waals surface area contributed by atoms with Gasteiger partial charge < -0.3 is 23.7 Å². The van der Waals surface area contributed by atoms with Gasteiger partial charge in [-0.3, -0.25) is 19.2 Å². The quantitative estimate of drug-likeness (QED) is 0.510. The van der Waals surface area contributed by atoms with Crippen LogP contribution in [0, 0.1) is 0 Å². The Bertz CT molecular complexity index is 473. The highest BCUT2D eigenvalue weighted by molar-refractivity contribution is 5.68. The van der Waals surface area contributed by atoms with Gasteiger partial charge in [0.05, 0.1) is 6.42 Å². The topological polar surface area (TPSA) is 114 Å². The molecule has 0 amide bonds. The van der Waals surface area contributed by atoms with Crippen LogP contribution in [0.1, 0.15) is 34.1 Å². The van der Waals surface area contributed by atoms with Crippen LogP contribution in [0.4, 0.5) is 0 Å². The van der Waals surface area contributed by atoms with Crippen molar-refractivity contribution < 1.29 is 42.9 Å². The number of esters is 4. The predicted octanol–water partition coefficient (Wildman–Crippen LogP) is 0.0910. The zero-order chi connectivity index (χ0) is 17.6. The maximum absolute atomic E-state index is 11.3. The number of carbonyl (C=O) groups is 4. The Hall–Kier alpha value is -2.16. The summed E-state index contributed by atoms with van der Waals surface area (Å²) in [5.41, 5.74) is 0. The Balaban J connectivity index is 2.94. The van der Waals surface area contributed by atoms with Crippen LogP contribution in [0.5, 0.6) is 0 Å². The lowest BCUT2D eigenvalue weighted by Crippen LogP contribution is -2.54. The van der Waals surface area contributed by atoms with E-state index in [1.165, 1.54) is 27.7 Å². The van der Waals surface area contributed by atoms with Gasteiger partial charge in [0.2, 0.25) is 6.29 Å². The van der Waals surface area contributed by atoms with Gasteiger partial charge >= 0.3 is 23.9 Å². The maximum Gasteiger partial charge on any atom is 0.304 e. The summed E-state index contributed by atoms with van der Waals surface area (Å²) in [4.78, 5) is 44.6. The summed E-state index contributed by atoms with van der Waals surface area (Å²) in [6.45, 7) is 4.54. The molecule has 1 aliphatic rings. The third-order valence-corrected chi connectivity index (χ3v) is 2.85. The van der Waals surface area contributed by atoms with Crippen molar-refractivity contribution in [3.05, 3.63) is 0 Å². The molecule has 1 fully saturated rings. The van der Waals surface area contributed by atoms with Crippen molar-refractivity contribution in [3.63, 3.8) is 0 Å². The van der Waals surface area contributed by atoms with Gasteiger partial charge in [-0.05, 0) is 0 Å². The summed E-state index contributed by atoms with van der Waals surface area (Å²) in [5, 5.41) is 0. The monoisotopic (exact) mass is 332 g/mol. The van der Waals surface area contributed by atoms with E-state index in [1.54, 1.807) is 0 Å². The van der Waals surface area contributed by atoms with Gasteiger partial charge in [0.25, 0.3) is 0 Å². The third-order valence-electron chi connectivity index (χ3n) is 2.85. The fraction of sp³-hybridized carbons (Fsp3) is 0.714. The highest BCUT2D eigenvalue weighted by Gasteiger charge is 2.44. The summed E-state index contributed by atoms with van der Waals surface area (Å²) in [6, 6.07) is 0. The first kappa shape index (κ1) is 18.9. The van der Waals surface area contributed by atoms with Crippen molar-refractivity contribution in [2.45, 2.75) is 58.7 Å². The van der Waals surface area contributed by atoms with Crippen LogP contribution in [-0.2, 0) is 42.9 Å². The highest BCUT2D eigenvalue weighted by Crippen LogP contribution is 2.27. The van der Waals surface area contributed by atoms with Gasteiger partial charge in [-0.25, -0.2) is 0 Å². The van der Waals surface area contributed by atoms with E-state index in [-0.39, 0.29) is 13.0 Å². The lowest BCUT2D eigenvalue weighted by Gasteiger charge is -2.39. The summed E-state index contributed by atoms with van der Waals surface area (Å²) >= 11 is 0. The first-order valence-corrected chi connectivity index (χ1v) is 6.99. The van der Waals surface area contributed by atoms with Crippen LogP contribution in [0.25, 0.3) is 0 Å². The molecule has 1 rings (SSSR count). The molecule has 0 aromatic rings. The molecule has 0 radical (unpaired) electrons. The second kappa shape index (κ2) is 8.47. The molecule has 9 nitrogen and oxygen atoms in total. The molecule has 0 spiro atoms. The number of hydrogen-bond acceptors (Lipinski definition) is 9. The zero-order valence-electron chi connectivity index (χ0n) is 13.4. The number of ether oxygens (including phenoxy) is 5. The SMILES string of the molecule is CC(=O)OC[C@@H]1O[C@H](OC(C)=O)C[C@H](OC(C)=O)[C@@H]1OC(C)=O. The Morgan fingerprint density at radius 3 is 1.91 bits per heavy atom. The van der Waals surface area contributed by atoms with E-state index in [0.717, 1.165) is 0 Å². The molecule has 9 heteroatoms. The molecular weight excluding hydrogens is 312 g/mol. The molecule has 4 atom stereocenters. The van der Waals surface area contributed by atoms with Gasteiger partial charge in [-0.15, -0.1) is 0 Å². The number of carbonyl (C=O) groups excluding carboxylic acids is 4. The molecule has 0 N–H and O–H groups in total. The predicted molar refractivity (Wildman–Crippen MR) is 72.8 cm³/mol. The van der Waals surface area contributed by atoms with Crippen LogP contribution in [0.15, 0.2) is 0 Å². The average molecular weight is 332 g/mol. The van der Waals surface area contributed by atoms with E-state index in [9.17, 15) is 19.2 Å². The molecule has 1 heterocycles. The molecule has 0 aromatic heterocycles. The molecule has 0 aromatic carbocycles. The molecule has 23 heavy (non-hydrogen) atoms. The summed E-state index contributed by atoms with van der Waals surface area (Å²) in [7, 11) is 0. The second-order valence-electron chi connectivity index (χ2n) is 4.97. The summed E-state index contributed by atoms with van der Waals surface area (Å²) in [5.74, 6) is -2.36. The molecule has 0 aliphatic carbocycles. The Kier molecular flexibility index (Phi) is 6.95. The van der Waals surface area contributed by atoms with Crippen LogP contribution in [-0.4, -0.2) is 55.1 Å². The lowest BCUT2D eigenvalue weighted by atomic mass is 10.0. The van der Waals surface area contributed by atoms with Crippen LogP contribution in [0.2, 0.25) is 0 Å². The fourth-order valence-corrected chi connectivity index (χ4v) is 2.16. The Morgan fingerprint density at radius 2 is 1.43 bits per heavy atom. The van der Waals surface area contributed by atoms with Crippen molar-refractivity contribution in [1.82, 2.24) is 0 Å². The van der Waals surface area contributed by atoms with Crippen LogP contribution in [0.3, 0.4) is 0 Å². The van der Waals surface area contributed by atoms with Gasteiger partial charge in [0.1, 0.15) is 18.8 Å². The van der Waals surface area contributed by atoms with Gasteiger partial charge in [0, 0.05) is 27.7 Å². The molecule has 0 saturated carbocycles. The van der Waals surface area contributed by atoms with Crippen LogP contribution >= 0.6 is 0 Å². The van der Waals surface area contributed by atoms with Crippen molar-refractivity contribution >= 4 is 23.9 Å². The molecule has 0 bridgehead atoms. The zero-order valence-corrected chi connectivity index (χ0v) is 13.4. The van der Waals surface area contributed by atoms with Gasteiger partial charge in [-0.1, -0.05) is 0 Å². The van der Waals surface area contributed by atoms with Crippen molar-refractivity contribution in [2.24, 2.45) is 0 Å². The van der Waals surface area contributed by atoms with Crippen molar-refractivity contribution in [2.75, 3.05) is 6.61 Å². The molecule has 1 aliphatic heterocycles. The van der Waals surface area contributed by atoms with E-state index in [2.05, 4.69) is 0 Å². The van der Waals surface area contributed by atoms with E-state index in [0.29, 0.717) is 0 Å². The number of rotatable bonds is 5. The molecule has 0 unspecified atom stereocenters. The van der Waals surface area contributed by atoms with Gasteiger partial charge in [0.15, 0.2) is 6.10 Å². The molecular formula is C14H20O9. The van der Waals surface area contributed by atoms with E-state index in [1.807, 2.05) is 0 Å². The first-order valence-electron chi connectivity index (χ1n) is 6.99. The average Bonchev–Trinajstić information content (AvgIpc) is 2.37. The van der Waals surface area contributed by atoms with E-state index in [4.69, 9.17) is 23.7 Å². The first-order chi connectivity index (χ1) is 10.7. The van der Waals surface area contributed by atoms with Crippen molar-refractivity contribution in [3.8, 4) is 0 Å². The molecule has 1 saturated heterocycles. The number of hydrogen-bond donors (Lipinski definition) is 0. The van der Waals surface area contributed by atoms with Crippen molar-refractivity contribution in [1.29, 1.82) is 0 Å². The lowest BCUT2D eigenvalue weighted by molar-refractivity contribution is -0.260. The second-order valence-corrected chi connectivity index (χ2v) is 4.97. The fourth-order valence-electron chi connectivity index (χ4n) is 2.16. The normalized spacial score (nSPS) is 26.8. The minimum absolute atomic E-state index is 0.00627. The third kappa shape index (κ3) is 6.64. The smallest absolute Gasteiger partial charge is 0.304 e. The van der Waals surface area contributed by atoms with Crippen LogP contribution < -0.4 is 0 Å². The minimum atomic E-state index is -1.01. The van der Waals surface area contributed by atoms with E-state index >= 15 is 0 Å². The highest BCUT2D eigenvalue weighted by atomic mass is 16.7. The largest absolute Gasteiger partial charge is 0.463 e. The maximum atomic E-state index is 11.3.